The number of hydrogen-bond acceptors (Lipinski definition) is 5. The van der Waals surface area contributed by atoms with E-state index in [2.05, 4.69) is 10.2 Å². The predicted octanol–water partition coefficient (Wildman–Crippen LogP) is 4.38. The molecule has 0 bridgehead atoms. The molecule has 1 aliphatic carbocycles. The Hall–Kier alpha value is -2.68. The SMILES string of the molecule is CS(=O)(=O)C1(c2nnc(-c3ccccc3Cc3ccc(C(F)(F)F)cc3)o2)CC1. The molecule has 9 heteroatoms. The summed E-state index contributed by atoms with van der Waals surface area (Å²) in [5.41, 5.74) is 1.40. The zero-order valence-electron chi connectivity index (χ0n) is 15.4. The molecule has 1 saturated carbocycles. The van der Waals surface area contributed by atoms with Gasteiger partial charge in [-0.15, -0.1) is 10.2 Å². The van der Waals surface area contributed by atoms with E-state index in [0.29, 0.717) is 30.4 Å². The van der Waals surface area contributed by atoms with Crippen molar-refractivity contribution in [1.29, 1.82) is 0 Å². The molecule has 1 fully saturated rings. The highest BCUT2D eigenvalue weighted by Gasteiger charge is 2.58. The summed E-state index contributed by atoms with van der Waals surface area (Å²) in [7, 11) is -3.38. The molecule has 0 N–H and O–H groups in total. The monoisotopic (exact) mass is 422 g/mol. The van der Waals surface area contributed by atoms with Gasteiger partial charge in [0.05, 0.1) is 5.56 Å². The first-order valence-electron chi connectivity index (χ1n) is 8.88. The molecule has 2 aromatic carbocycles. The van der Waals surface area contributed by atoms with Crippen LogP contribution in [0.1, 0.15) is 35.4 Å². The van der Waals surface area contributed by atoms with Crippen molar-refractivity contribution in [1.82, 2.24) is 10.2 Å². The number of nitrogens with zero attached hydrogens (tertiary/aromatic N) is 2. The van der Waals surface area contributed by atoms with Gasteiger partial charge in [0, 0.05) is 11.8 Å². The largest absolute Gasteiger partial charge is 0.419 e. The number of aromatic nitrogens is 2. The third-order valence-corrected chi connectivity index (χ3v) is 7.15. The average Bonchev–Trinajstić information content (AvgIpc) is 3.34. The Kier molecular flexibility index (Phi) is 4.53. The lowest BCUT2D eigenvalue weighted by molar-refractivity contribution is -0.137. The van der Waals surface area contributed by atoms with Crippen molar-refractivity contribution in [3.8, 4) is 11.5 Å². The molecular formula is C20H17F3N2O3S. The number of halogens is 3. The Balaban J connectivity index is 1.63. The van der Waals surface area contributed by atoms with Crippen LogP contribution in [-0.4, -0.2) is 24.9 Å². The number of benzene rings is 2. The molecule has 4 rings (SSSR count). The third kappa shape index (κ3) is 3.66. The van der Waals surface area contributed by atoms with E-state index in [1.165, 1.54) is 12.1 Å². The van der Waals surface area contributed by atoms with Gasteiger partial charge in [0.2, 0.25) is 11.8 Å². The minimum Gasteiger partial charge on any atom is -0.419 e. The molecule has 3 aromatic rings. The predicted molar refractivity (Wildman–Crippen MR) is 99.7 cm³/mol. The number of alkyl halides is 3. The van der Waals surface area contributed by atoms with Crippen LogP contribution in [0.5, 0.6) is 0 Å². The molecule has 5 nitrogen and oxygen atoms in total. The van der Waals surface area contributed by atoms with Crippen LogP contribution in [0.15, 0.2) is 52.9 Å². The zero-order chi connectivity index (χ0) is 20.9. The van der Waals surface area contributed by atoms with E-state index in [1.54, 1.807) is 18.2 Å². The molecule has 29 heavy (non-hydrogen) atoms. The standard InChI is InChI=1S/C20H17F3N2O3S/c1-29(26,27)19(10-11-19)18-25-24-17(28-18)16-5-3-2-4-14(16)12-13-6-8-15(9-7-13)20(21,22)23/h2-9H,10-12H2,1H3. The first kappa shape index (κ1) is 19.6. The fourth-order valence-electron chi connectivity index (χ4n) is 3.29. The van der Waals surface area contributed by atoms with Gasteiger partial charge in [-0.1, -0.05) is 30.3 Å². The summed E-state index contributed by atoms with van der Waals surface area (Å²) in [5.74, 6) is 0.275. The van der Waals surface area contributed by atoms with Gasteiger partial charge in [-0.3, -0.25) is 0 Å². The maximum absolute atomic E-state index is 12.7. The molecule has 0 radical (unpaired) electrons. The van der Waals surface area contributed by atoms with E-state index in [0.717, 1.165) is 24.0 Å². The topological polar surface area (TPSA) is 73.1 Å². The van der Waals surface area contributed by atoms with Gasteiger partial charge in [-0.05, 0) is 48.6 Å². The van der Waals surface area contributed by atoms with Crippen LogP contribution < -0.4 is 0 Å². The van der Waals surface area contributed by atoms with E-state index >= 15 is 0 Å². The van der Waals surface area contributed by atoms with Crippen LogP contribution in [0.2, 0.25) is 0 Å². The number of sulfone groups is 1. The summed E-state index contributed by atoms with van der Waals surface area (Å²) in [6, 6.07) is 12.1. The zero-order valence-corrected chi connectivity index (χ0v) is 16.2. The average molecular weight is 422 g/mol. The Labute approximate surface area is 165 Å². The minimum atomic E-state index is -4.38. The van der Waals surface area contributed by atoms with Crippen LogP contribution in [0.25, 0.3) is 11.5 Å². The van der Waals surface area contributed by atoms with E-state index in [9.17, 15) is 21.6 Å². The molecule has 1 aromatic heterocycles. The van der Waals surface area contributed by atoms with Crippen LogP contribution in [0, 0.1) is 0 Å². The molecule has 0 atom stereocenters. The Bertz CT molecular complexity index is 1150. The number of hydrogen-bond donors (Lipinski definition) is 0. The second-order valence-electron chi connectivity index (χ2n) is 7.21. The lowest BCUT2D eigenvalue weighted by Gasteiger charge is -2.10. The van der Waals surface area contributed by atoms with E-state index in [1.807, 2.05) is 6.07 Å². The van der Waals surface area contributed by atoms with Gasteiger partial charge >= 0.3 is 6.18 Å². The maximum Gasteiger partial charge on any atom is 0.416 e. The molecular weight excluding hydrogens is 405 g/mol. The highest BCUT2D eigenvalue weighted by Crippen LogP contribution is 2.52. The van der Waals surface area contributed by atoms with Crippen molar-refractivity contribution >= 4 is 9.84 Å². The lowest BCUT2D eigenvalue weighted by Crippen LogP contribution is -2.19. The molecule has 1 aliphatic rings. The fraction of sp³-hybridized carbons (Fsp3) is 0.300. The third-order valence-electron chi connectivity index (χ3n) is 5.15. The second kappa shape index (κ2) is 6.69. The smallest absolute Gasteiger partial charge is 0.416 e. The van der Waals surface area contributed by atoms with Gasteiger partial charge in [-0.2, -0.15) is 13.2 Å². The fourth-order valence-corrected chi connectivity index (χ4v) is 4.53. The molecule has 0 spiro atoms. The molecule has 0 unspecified atom stereocenters. The van der Waals surface area contributed by atoms with Gasteiger partial charge < -0.3 is 4.42 Å². The summed E-state index contributed by atoms with van der Waals surface area (Å²) in [6.45, 7) is 0. The van der Waals surface area contributed by atoms with Gasteiger partial charge in [0.25, 0.3) is 0 Å². The highest BCUT2D eigenvalue weighted by molar-refractivity contribution is 7.91. The van der Waals surface area contributed by atoms with E-state index in [4.69, 9.17) is 4.42 Å². The van der Waals surface area contributed by atoms with Gasteiger partial charge in [-0.25, -0.2) is 8.42 Å². The maximum atomic E-state index is 12.7. The summed E-state index contributed by atoms with van der Waals surface area (Å²) >= 11 is 0. The van der Waals surface area contributed by atoms with Crippen LogP contribution in [0.4, 0.5) is 13.2 Å². The highest BCUT2D eigenvalue weighted by atomic mass is 32.2. The van der Waals surface area contributed by atoms with Crippen molar-refractivity contribution in [3.05, 3.63) is 71.1 Å². The first-order valence-corrected chi connectivity index (χ1v) is 10.8. The Morgan fingerprint density at radius 3 is 2.28 bits per heavy atom. The summed E-state index contributed by atoms with van der Waals surface area (Å²) in [4.78, 5) is 0. The van der Waals surface area contributed by atoms with Crippen molar-refractivity contribution in [3.63, 3.8) is 0 Å². The molecule has 1 heterocycles. The van der Waals surface area contributed by atoms with Crippen LogP contribution >= 0.6 is 0 Å². The summed E-state index contributed by atoms with van der Waals surface area (Å²) < 4.78 is 67.0. The summed E-state index contributed by atoms with van der Waals surface area (Å²) in [5, 5.41) is 7.98. The van der Waals surface area contributed by atoms with Crippen molar-refractivity contribution in [2.24, 2.45) is 0 Å². The van der Waals surface area contributed by atoms with Crippen molar-refractivity contribution in [2.45, 2.75) is 30.2 Å². The molecule has 152 valence electrons. The van der Waals surface area contributed by atoms with E-state index < -0.39 is 26.3 Å². The van der Waals surface area contributed by atoms with Crippen LogP contribution in [0.3, 0.4) is 0 Å². The van der Waals surface area contributed by atoms with Crippen molar-refractivity contribution in [2.75, 3.05) is 6.26 Å². The quantitative estimate of drug-likeness (QED) is 0.610. The first-order chi connectivity index (χ1) is 13.6. The molecule has 0 aliphatic heterocycles. The van der Waals surface area contributed by atoms with Crippen molar-refractivity contribution < 1.29 is 26.0 Å². The molecule has 0 saturated heterocycles. The van der Waals surface area contributed by atoms with Gasteiger partial charge in [0.1, 0.15) is 4.75 Å². The van der Waals surface area contributed by atoms with Crippen LogP contribution in [-0.2, 0) is 27.2 Å². The second-order valence-corrected chi connectivity index (χ2v) is 9.53. The normalized spacial score (nSPS) is 16.0. The lowest BCUT2D eigenvalue weighted by atomic mass is 9.99. The van der Waals surface area contributed by atoms with E-state index in [-0.39, 0.29) is 11.8 Å². The van der Waals surface area contributed by atoms with Gasteiger partial charge in [0.15, 0.2) is 9.84 Å². The number of rotatable bonds is 5. The Morgan fingerprint density at radius 1 is 1.03 bits per heavy atom. The minimum absolute atomic E-state index is 0.0827. The summed E-state index contributed by atoms with van der Waals surface area (Å²) in [6.07, 6.45) is -1.97. The Morgan fingerprint density at radius 2 is 1.69 bits per heavy atom. The molecule has 0 amide bonds.